The summed E-state index contributed by atoms with van der Waals surface area (Å²) in [5.74, 6) is 1.10. The highest BCUT2D eigenvalue weighted by atomic mass is 16.5. The van der Waals surface area contributed by atoms with Gasteiger partial charge in [0.05, 0.1) is 0 Å². The first-order valence-corrected chi connectivity index (χ1v) is 9.10. The Bertz CT molecular complexity index is 705. The van der Waals surface area contributed by atoms with Crippen molar-refractivity contribution in [2.24, 2.45) is 0 Å². The number of carbonyl (C=O) groups is 1. The van der Waals surface area contributed by atoms with Gasteiger partial charge in [0.1, 0.15) is 0 Å². The van der Waals surface area contributed by atoms with E-state index in [1.54, 1.807) is 4.90 Å². The zero-order valence-electron chi connectivity index (χ0n) is 15.0. The lowest BCUT2D eigenvalue weighted by atomic mass is 9.94. The van der Waals surface area contributed by atoms with Crippen molar-refractivity contribution in [3.05, 3.63) is 41.2 Å². The number of hydrogen-bond donors (Lipinski definition) is 1. The summed E-state index contributed by atoms with van der Waals surface area (Å²) in [5.41, 5.74) is 2.66. The summed E-state index contributed by atoms with van der Waals surface area (Å²) in [6.07, 6.45) is 4.84. The standard InChI is InChI=1S/C19H26N4O2/c1-14(2)16-9-5-4-8-15(16)10-11-17-20-18(25-22-17)21-19(24)23-12-6-3-7-13-23/h4-5,8-9,14H,3,6-7,10-13H2,1-2H3,(H,20,21,22,24). The van der Waals surface area contributed by atoms with Gasteiger partial charge >= 0.3 is 12.0 Å². The van der Waals surface area contributed by atoms with Crippen molar-refractivity contribution in [3.8, 4) is 0 Å². The predicted octanol–water partition coefficient (Wildman–Crippen LogP) is 4.00. The van der Waals surface area contributed by atoms with Crippen molar-refractivity contribution in [2.75, 3.05) is 18.4 Å². The smallest absolute Gasteiger partial charge is 0.324 e. The maximum Gasteiger partial charge on any atom is 0.329 e. The van der Waals surface area contributed by atoms with Crippen LogP contribution in [0.25, 0.3) is 0 Å². The first-order valence-electron chi connectivity index (χ1n) is 9.10. The average Bonchev–Trinajstić information content (AvgIpc) is 3.08. The first kappa shape index (κ1) is 17.5. The summed E-state index contributed by atoms with van der Waals surface area (Å²) in [6, 6.07) is 8.47. The van der Waals surface area contributed by atoms with Gasteiger partial charge in [-0.15, -0.1) is 0 Å². The van der Waals surface area contributed by atoms with Crippen LogP contribution in [0.1, 0.15) is 56.0 Å². The zero-order valence-corrected chi connectivity index (χ0v) is 15.0. The Morgan fingerprint density at radius 3 is 2.72 bits per heavy atom. The van der Waals surface area contributed by atoms with Gasteiger partial charge in [-0.2, -0.15) is 4.98 Å². The first-order chi connectivity index (χ1) is 12.1. The number of piperidine rings is 1. The Balaban J connectivity index is 1.56. The molecular formula is C19H26N4O2. The van der Waals surface area contributed by atoms with E-state index in [1.807, 2.05) is 0 Å². The molecule has 2 heterocycles. The maximum atomic E-state index is 12.2. The van der Waals surface area contributed by atoms with Crippen LogP contribution in [0.3, 0.4) is 0 Å². The molecule has 1 fully saturated rings. The summed E-state index contributed by atoms with van der Waals surface area (Å²) in [6.45, 7) is 5.97. The molecule has 0 bridgehead atoms. The number of nitrogens with one attached hydrogen (secondary N) is 1. The van der Waals surface area contributed by atoms with Gasteiger partial charge in [0, 0.05) is 19.5 Å². The molecule has 2 aromatic rings. The minimum Gasteiger partial charge on any atom is -0.324 e. The summed E-state index contributed by atoms with van der Waals surface area (Å²) < 4.78 is 5.17. The van der Waals surface area contributed by atoms with Crippen molar-refractivity contribution >= 4 is 12.0 Å². The number of likely N-dealkylation sites (tertiary alicyclic amines) is 1. The second-order valence-corrected chi connectivity index (χ2v) is 6.85. The van der Waals surface area contributed by atoms with Crippen molar-refractivity contribution in [3.63, 3.8) is 0 Å². The van der Waals surface area contributed by atoms with E-state index in [0.29, 0.717) is 18.2 Å². The van der Waals surface area contributed by atoms with Crippen LogP contribution >= 0.6 is 0 Å². The van der Waals surface area contributed by atoms with Gasteiger partial charge in [-0.1, -0.05) is 43.3 Å². The van der Waals surface area contributed by atoms with Crippen molar-refractivity contribution < 1.29 is 9.32 Å². The summed E-state index contributed by atoms with van der Waals surface area (Å²) >= 11 is 0. The van der Waals surface area contributed by atoms with Crippen LogP contribution in [0.2, 0.25) is 0 Å². The van der Waals surface area contributed by atoms with Crippen LogP contribution in [-0.2, 0) is 12.8 Å². The molecule has 0 spiro atoms. The molecule has 1 N–H and O–H groups in total. The largest absolute Gasteiger partial charge is 0.329 e. The van der Waals surface area contributed by atoms with Crippen molar-refractivity contribution in [1.29, 1.82) is 0 Å². The normalized spacial score (nSPS) is 14.8. The summed E-state index contributed by atoms with van der Waals surface area (Å²) in [7, 11) is 0. The fourth-order valence-corrected chi connectivity index (χ4v) is 3.25. The number of nitrogens with zero attached hydrogens (tertiary/aromatic N) is 3. The molecular weight excluding hydrogens is 316 g/mol. The highest BCUT2D eigenvalue weighted by molar-refractivity contribution is 5.87. The Morgan fingerprint density at radius 1 is 1.20 bits per heavy atom. The van der Waals surface area contributed by atoms with Gasteiger partial charge in [0.15, 0.2) is 5.82 Å². The van der Waals surface area contributed by atoms with E-state index in [-0.39, 0.29) is 12.0 Å². The van der Waals surface area contributed by atoms with Crippen LogP contribution in [0.5, 0.6) is 0 Å². The number of anilines is 1. The quantitative estimate of drug-likeness (QED) is 0.891. The van der Waals surface area contributed by atoms with E-state index >= 15 is 0 Å². The molecule has 1 aromatic carbocycles. The Kier molecular flexibility index (Phi) is 5.68. The lowest BCUT2D eigenvalue weighted by Gasteiger charge is -2.25. The number of carbonyl (C=O) groups excluding carboxylic acids is 1. The molecule has 1 aromatic heterocycles. The van der Waals surface area contributed by atoms with Crippen LogP contribution in [-0.4, -0.2) is 34.2 Å². The molecule has 0 radical (unpaired) electrons. The van der Waals surface area contributed by atoms with E-state index in [2.05, 4.69) is 53.6 Å². The highest BCUT2D eigenvalue weighted by Crippen LogP contribution is 2.20. The third kappa shape index (κ3) is 4.59. The summed E-state index contributed by atoms with van der Waals surface area (Å²) in [5, 5.41) is 6.69. The number of rotatable bonds is 5. The molecule has 25 heavy (non-hydrogen) atoms. The van der Waals surface area contributed by atoms with E-state index < -0.39 is 0 Å². The predicted molar refractivity (Wildman–Crippen MR) is 96.7 cm³/mol. The number of urea groups is 1. The fraction of sp³-hybridized carbons (Fsp3) is 0.526. The monoisotopic (exact) mass is 342 g/mol. The molecule has 0 saturated carbocycles. The molecule has 134 valence electrons. The molecule has 3 rings (SSSR count). The van der Waals surface area contributed by atoms with Gasteiger partial charge in [-0.05, 0) is 42.7 Å². The zero-order chi connectivity index (χ0) is 17.6. The fourth-order valence-electron chi connectivity index (χ4n) is 3.25. The van der Waals surface area contributed by atoms with E-state index in [0.717, 1.165) is 32.4 Å². The Morgan fingerprint density at radius 2 is 1.96 bits per heavy atom. The topological polar surface area (TPSA) is 71.3 Å². The maximum absolute atomic E-state index is 12.2. The molecule has 1 aliphatic heterocycles. The minimum absolute atomic E-state index is 0.153. The molecule has 2 amide bonds. The minimum atomic E-state index is -0.153. The molecule has 6 heteroatoms. The molecule has 1 aliphatic rings. The average molecular weight is 342 g/mol. The highest BCUT2D eigenvalue weighted by Gasteiger charge is 2.18. The van der Waals surface area contributed by atoms with Crippen LogP contribution in [0.4, 0.5) is 10.8 Å². The van der Waals surface area contributed by atoms with Crippen LogP contribution < -0.4 is 5.32 Å². The van der Waals surface area contributed by atoms with Crippen molar-refractivity contribution in [2.45, 2.75) is 51.9 Å². The van der Waals surface area contributed by atoms with Crippen molar-refractivity contribution in [1.82, 2.24) is 15.0 Å². The van der Waals surface area contributed by atoms with Crippen LogP contribution in [0.15, 0.2) is 28.8 Å². The second kappa shape index (κ2) is 8.14. The molecule has 0 atom stereocenters. The third-order valence-electron chi connectivity index (χ3n) is 4.62. The van der Waals surface area contributed by atoms with Gasteiger partial charge in [0.2, 0.25) is 0 Å². The van der Waals surface area contributed by atoms with Crippen LogP contribution in [0, 0.1) is 0 Å². The Labute approximate surface area is 148 Å². The van der Waals surface area contributed by atoms with E-state index in [9.17, 15) is 4.79 Å². The van der Waals surface area contributed by atoms with E-state index in [4.69, 9.17) is 4.52 Å². The molecule has 0 aliphatic carbocycles. The summed E-state index contributed by atoms with van der Waals surface area (Å²) in [4.78, 5) is 18.3. The number of amides is 2. The SMILES string of the molecule is CC(C)c1ccccc1CCc1noc(NC(=O)N2CCCCC2)n1. The van der Waals surface area contributed by atoms with E-state index in [1.165, 1.54) is 17.5 Å². The lowest BCUT2D eigenvalue weighted by molar-refractivity contribution is 0.199. The van der Waals surface area contributed by atoms with Gasteiger partial charge in [-0.25, -0.2) is 4.79 Å². The molecule has 1 saturated heterocycles. The third-order valence-corrected chi connectivity index (χ3v) is 4.62. The van der Waals surface area contributed by atoms with Gasteiger partial charge < -0.3 is 9.42 Å². The number of benzene rings is 1. The van der Waals surface area contributed by atoms with Gasteiger partial charge in [0.25, 0.3) is 0 Å². The molecule has 6 nitrogen and oxygen atoms in total. The lowest BCUT2D eigenvalue weighted by Crippen LogP contribution is -2.38. The molecule has 0 unspecified atom stereocenters. The number of aryl methyl sites for hydroxylation is 2. The van der Waals surface area contributed by atoms with Gasteiger partial charge in [-0.3, -0.25) is 5.32 Å². The number of hydrogen-bond acceptors (Lipinski definition) is 4. The number of aromatic nitrogens is 2. The Hall–Kier alpha value is -2.37. The second-order valence-electron chi connectivity index (χ2n) is 6.85.